The molecule has 0 radical (unpaired) electrons. The first-order valence-corrected chi connectivity index (χ1v) is 13.0. The Balaban J connectivity index is 1.49. The van der Waals surface area contributed by atoms with Gasteiger partial charge in [0.15, 0.2) is 29.7 Å². The maximum Gasteiger partial charge on any atom is 0.238 e. The number of rotatable bonds is 6. The molecule has 2 aliphatic rings. The van der Waals surface area contributed by atoms with Gasteiger partial charge in [0.1, 0.15) is 59.1 Å². The molecule has 3 aromatic rings. The average Bonchev–Trinajstić information content (AvgIpc) is 2.97. The van der Waals surface area contributed by atoms with Crippen LogP contribution in [-0.4, -0.2) is 119 Å². The maximum atomic E-state index is 12.9. The molecular weight excluding hydrogens is 580 g/mol. The Morgan fingerprint density at radius 1 is 0.791 bits per heavy atom. The smallest absolute Gasteiger partial charge is 0.238 e. The second-order valence-corrected chi connectivity index (χ2v) is 10.2. The van der Waals surface area contributed by atoms with Crippen molar-refractivity contribution in [3.05, 3.63) is 40.6 Å². The van der Waals surface area contributed by atoms with Gasteiger partial charge in [-0.15, -0.1) is 0 Å². The van der Waals surface area contributed by atoms with E-state index < -0.39 is 108 Å². The Hall–Kier alpha value is -3.71. The summed E-state index contributed by atoms with van der Waals surface area (Å²) in [7, 11) is 0. The Kier molecular flexibility index (Phi) is 8.41. The van der Waals surface area contributed by atoms with Crippen molar-refractivity contribution in [3.8, 4) is 40.1 Å². The molecule has 0 amide bonds. The third-order valence-corrected chi connectivity index (χ3v) is 7.34. The summed E-state index contributed by atoms with van der Waals surface area (Å²) in [5.74, 6) is -3.23. The second kappa shape index (κ2) is 11.8. The molecule has 2 aliphatic heterocycles. The molecule has 2 aromatic carbocycles. The highest BCUT2D eigenvalue weighted by Crippen LogP contribution is 2.39. The number of phenolic OH excluding ortho intramolecular Hbond substituents is 3. The predicted molar refractivity (Wildman–Crippen MR) is 140 cm³/mol. The first kappa shape index (κ1) is 30.7. The molecule has 2 fully saturated rings. The highest BCUT2D eigenvalue weighted by Gasteiger charge is 2.50. The minimum atomic E-state index is -1.86. The molecule has 0 unspecified atom stereocenters. The quantitative estimate of drug-likeness (QED) is 0.140. The molecule has 10 N–H and O–H groups in total. The minimum absolute atomic E-state index is 0.00662. The topological polar surface area (TPSA) is 269 Å². The van der Waals surface area contributed by atoms with Gasteiger partial charge in [-0.1, -0.05) is 0 Å². The second-order valence-electron chi connectivity index (χ2n) is 10.2. The van der Waals surface area contributed by atoms with Gasteiger partial charge < -0.3 is 74.4 Å². The first-order valence-electron chi connectivity index (χ1n) is 13.0. The molecule has 0 aliphatic carbocycles. The number of fused-ring (bicyclic) bond motifs is 1. The lowest BCUT2D eigenvalue weighted by molar-refractivity contribution is -0.355. The molecule has 2 saturated heterocycles. The van der Waals surface area contributed by atoms with E-state index in [9.17, 15) is 55.9 Å². The molecule has 3 heterocycles. The molecule has 43 heavy (non-hydrogen) atoms. The third kappa shape index (κ3) is 5.55. The fraction of sp³-hybridized carbons (Fsp3) is 0.444. The van der Waals surface area contributed by atoms with Crippen molar-refractivity contribution < 1.29 is 74.4 Å². The number of hydrogen-bond donors (Lipinski definition) is 10. The lowest BCUT2D eigenvalue weighted by Gasteiger charge is -2.45. The summed E-state index contributed by atoms with van der Waals surface area (Å²) in [4.78, 5) is 12.9. The molecule has 234 valence electrons. The molecule has 5 rings (SSSR count). The van der Waals surface area contributed by atoms with Gasteiger partial charge in [-0.2, -0.15) is 0 Å². The van der Waals surface area contributed by atoms with Gasteiger partial charge in [0.25, 0.3) is 0 Å². The van der Waals surface area contributed by atoms with Crippen molar-refractivity contribution in [2.45, 2.75) is 68.3 Å². The number of aliphatic hydroxyl groups excluding tert-OH is 6. The zero-order chi connectivity index (χ0) is 31.3. The fourth-order valence-corrected chi connectivity index (χ4v) is 4.90. The largest absolute Gasteiger partial charge is 0.507 e. The Bertz CT molecular complexity index is 1540. The van der Waals surface area contributed by atoms with Crippen molar-refractivity contribution in [1.82, 2.24) is 0 Å². The number of hydrogen-bond acceptors (Lipinski definition) is 16. The third-order valence-electron chi connectivity index (χ3n) is 7.34. The van der Waals surface area contributed by atoms with Gasteiger partial charge in [-0.05, 0) is 25.1 Å². The van der Waals surface area contributed by atoms with Gasteiger partial charge >= 0.3 is 0 Å². The van der Waals surface area contributed by atoms with E-state index in [2.05, 4.69) is 0 Å². The lowest BCUT2D eigenvalue weighted by atomic mass is 9.97. The van der Waals surface area contributed by atoms with Crippen molar-refractivity contribution in [2.75, 3.05) is 6.61 Å². The van der Waals surface area contributed by atoms with E-state index in [-0.39, 0.29) is 16.9 Å². The molecule has 1 aromatic heterocycles. The zero-order valence-corrected chi connectivity index (χ0v) is 22.3. The van der Waals surface area contributed by atoms with Crippen LogP contribution in [0.5, 0.6) is 28.7 Å². The van der Waals surface area contributed by atoms with Crippen LogP contribution in [0.4, 0.5) is 0 Å². The van der Waals surface area contributed by atoms with Crippen molar-refractivity contribution in [2.24, 2.45) is 0 Å². The molecule has 0 spiro atoms. The number of benzene rings is 2. The SMILES string of the molecule is C[C@@H]1O[C@H](Oc2cc(O)c3c(=O)c(O)c(-c4ccc(O)c(O)c4)oc3c2)[C@@H](O[C@@H]2O[C@H](CO)[C@@H](O)[C@H](O)[C@H]2O)[C@@H](O)[C@@H]1O. The Morgan fingerprint density at radius 3 is 2.19 bits per heavy atom. The summed E-state index contributed by atoms with van der Waals surface area (Å²) in [6, 6.07) is 5.49. The Labute approximate surface area is 241 Å². The van der Waals surface area contributed by atoms with E-state index in [0.717, 1.165) is 24.3 Å². The van der Waals surface area contributed by atoms with Crippen LogP contribution in [0.2, 0.25) is 0 Å². The number of aromatic hydroxyl groups is 4. The van der Waals surface area contributed by atoms with Crippen LogP contribution < -0.4 is 10.2 Å². The van der Waals surface area contributed by atoms with Crippen LogP contribution in [-0.2, 0) is 14.2 Å². The monoisotopic (exact) mass is 610 g/mol. The van der Waals surface area contributed by atoms with Crippen LogP contribution >= 0.6 is 0 Å². The standard InChI is InChI=1S/C27H30O16/c1-8-17(32)21(36)25(43-26-23(38)20(35)18(33)15(7-28)42-26)27(39-8)40-10-5-13(31)16-14(6-10)41-24(22(37)19(16)34)9-2-3-11(29)12(30)4-9/h2-6,8,15,17-18,20-21,23,25-33,35-38H,7H2,1H3/t8-,15+,17+,18+,20-,21-,23+,25-,26-,27+/m0/s1. The van der Waals surface area contributed by atoms with Crippen LogP contribution in [0.15, 0.2) is 39.5 Å². The summed E-state index contributed by atoms with van der Waals surface area (Å²) < 4.78 is 28.1. The van der Waals surface area contributed by atoms with E-state index in [0.29, 0.717) is 0 Å². The molecular formula is C27H30O16. The summed E-state index contributed by atoms with van der Waals surface area (Å²) in [5, 5.41) is 101. The van der Waals surface area contributed by atoms with Gasteiger partial charge in [0, 0.05) is 17.7 Å². The van der Waals surface area contributed by atoms with Crippen molar-refractivity contribution >= 4 is 11.0 Å². The van der Waals surface area contributed by atoms with E-state index in [1.54, 1.807) is 0 Å². The zero-order valence-electron chi connectivity index (χ0n) is 22.3. The Morgan fingerprint density at radius 2 is 1.51 bits per heavy atom. The van der Waals surface area contributed by atoms with E-state index in [4.69, 9.17) is 23.4 Å². The van der Waals surface area contributed by atoms with Crippen LogP contribution in [0.1, 0.15) is 6.92 Å². The van der Waals surface area contributed by atoms with E-state index in [1.807, 2.05) is 0 Å². The summed E-state index contributed by atoms with van der Waals surface area (Å²) in [6.07, 6.45) is -15.9. The average molecular weight is 611 g/mol. The van der Waals surface area contributed by atoms with Gasteiger partial charge in [-0.25, -0.2) is 0 Å². The highest BCUT2D eigenvalue weighted by atomic mass is 16.8. The molecule has 0 saturated carbocycles. The predicted octanol–water partition coefficient (Wildman–Crippen LogP) is -1.69. The number of ether oxygens (including phenoxy) is 4. The fourth-order valence-electron chi connectivity index (χ4n) is 4.90. The van der Waals surface area contributed by atoms with Crippen LogP contribution in [0.3, 0.4) is 0 Å². The van der Waals surface area contributed by atoms with Gasteiger partial charge in [-0.3, -0.25) is 4.79 Å². The van der Waals surface area contributed by atoms with Crippen LogP contribution in [0.25, 0.3) is 22.3 Å². The summed E-state index contributed by atoms with van der Waals surface area (Å²) in [6.45, 7) is 0.657. The van der Waals surface area contributed by atoms with Crippen molar-refractivity contribution in [1.29, 1.82) is 0 Å². The van der Waals surface area contributed by atoms with Crippen LogP contribution in [0, 0.1) is 0 Å². The minimum Gasteiger partial charge on any atom is -0.507 e. The highest BCUT2D eigenvalue weighted by molar-refractivity contribution is 5.88. The molecule has 16 heteroatoms. The molecule has 10 atom stereocenters. The first-order chi connectivity index (χ1) is 20.3. The summed E-state index contributed by atoms with van der Waals surface area (Å²) in [5.41, 5.74) is -1.32. The van der Waals surface area contributed by atoms with E-state index >= 15 is 0 Å². The molecule has 0 bridgehead atoms. The van der Waals surface area contributed by atoms with Crippen molar-refractivity contribution in [3.63, 3.8) is 0 Å². The lowest BCUT2D eigenvalue weighted by Crippen LogP contribution is -2.64. The summed E-state index contributed by atoms with van der Waals surface area (Å²) >= 11 is 0. The normalized spacial score (nSPS) is 33.0. The van der Waals surface area contributed by atoms with Gasteiger partial charge in [0.05, 0.1) is 12.7 Å². The number of phenols is 3. The molecule has 16 nitrogen and oxygen atoms in total. The maximum absolute atomic E-state index is 12.9. The van der Waals surface area contributed by atoms with E-state index in [1.165, 1.54) is 13.0 Å². The van der Waals surface area contributed by atoms with Gasteiger partial charge in [0.2, 0.25) is 17.5 Å². The number of aliphatic hydroxyl groups is 6.